The zero-order valence-electron chi connectivity index (χ0n) is 10.6. The van der Waals surface area contributed by atoms with Gasteiger partial charge in [0.15, 0.2) is 9.84 Å². The molecule has 0 bridgehead atoms. The van der Waals surface area contributed by atoms with Gasteiger partial charge < -0.3 is 10.0 Å². The van der Waals surface area contributed by atoms with Crippen molar-refractivity contribution >= 4 is 33.4 Å². The van der Waals surface area contributed by atoms with Gasteiger partial charge in [-0.2, -0.15) is 11.8 Å². The second kappa shape index (κ2) is 5.57. The van der Waals surface area contributed by atoms with Gasteiger partial charge in [0, 0.05) is 24.3 Å². The topological polar surface area (TPSA) is 87.6 Å². The van der Waals surface area contributed by atoms with Gasteiger partial charge in [-0.25, -0.2) is 22.6 Å². The smallest absolute Gasteiger partial charge is 0.339 e. The molecular weight excluding hydrogens is 307 g/mol. The van der Waals surface area contributed by atoms with E-state index in [1.807, 2.05) is 0 Å². The van der Waals surface area contributed by atoms with E-state index >= 15 is 0 Å². The number of halogens is 1. The molecule has 0 aromatic carbocycles. The Morgan fingerprint density at radius 1 is 1.60 bits per heavy atom. The van der Waals surface area contributed by atoms with Crippen molar-refractivity contribution in [3.63, 3.8) is 0 Å². The lowest BCUT2D eigenvalue weighted by Gasteiger charge is -2.35. The van der Waals surface area contributed by atoms with E-state index in [0.717, 1.165) is 18.5 Å². The van der Waals surface area contributed by atoms with Crippen LogP contribution in [0.3, 0.4) is 0 Å². The van der Waals surface area contributed by atoms with Crippen molar-refractivity contribution in [2.24, 2.45) is 0 Å². The van der Waals surface area contributed by atoms with E-state index in [1.165, 1.54) is 16.7 Å². The van der Waals surface area contributed by atoms with Crippen LogP contribution in [0.5, 0.6) is 0 Å². The number of hydrogen-bond donors (Lipinski definition) is 1. The summed E-state index contributed by atoms with van der Waals surface area (Å²) in [6, 6.07) is 0.853. The molecule has 0 saturated carbocycles. The Balaban J connectivity index is 2.50. The maximum Gasteiger partial charge on any atom is 0.339 e. The molecule has 0 aliphatic carbocycles. The van der Waals surface area contributed by atoms with E-state index in [9.17, 15) is 17.6 Å². The lowest BCUT2D eigenvalue weighted by atomic mass is 10.2. The Morgan fingerprint density at radius 2 is 2.30 bits per heavy atom. The van der Waals surface area contributed by atoms with Gasteiger partial charge in [0.05, 0.1) is 6.20 Å². The first-order chi connectivity index (χ1) is 9.30. The number of carboxylic acids is 1. The predicted molar refractivity (Wildman–Crippen MR) is 74.5 cm³/mol. The van der Waals surface area contributed by atoms with Crippen LogP contribution < -0.4 is 4.90 Å². The Hall–Kier alpha value is -1.35. The van der Waals surface area contributed by atoms with Crippen LogP contribution in [0.25, 0.3) is 0 Å². The second-order valence-corrected chi connectivity index (χ2v) is 7.74. The van der Waals surface area contributed by atoms with Crippen LogP contribution in [-0.2, 0) is 9.84 Å². The minimum absolute atomic E-state index is 0.00498. The quantitative estimate of drug-likeness (QED) is 0.883. The first kappa shape index (κ1) is 15.0. The molecule has 0 radical (unpaired) electrons. The Bertz CT molecular complexity index is 635. The minimum Gasteiger partial charge on any atom is -0.478 e. The highest BCUT2D eigenvalue weighted by atomic mass is 32.2. The summed E-state index contributed by atoms with van der Waals surface area (Å²) < 4.78 is 36.8. The number of aromatic nitrogens is 1. The van der Waals surface area contributed by atoms with E-state index in [1.54, 1.807) is 0 Å². The third-order valence-corrected chi connectivity index (χ3v) is 5.56. The largest absolute Gasteiger partial charge is 0.478 e. The van der Waals surface area contributed by atoms with Crippen LogP contribution in [0, 0.1) is 5.82 Å². The van der Waals surface area contributed by atoms with Gasteiger partial charge in [0.25, 0.3) is 0 Å². The highest BCUT2D eigenvalue weighted by Gasteiger charge is 2.34. The van der Waals surface area contributed by atoms with Gasteiger partial charge in [-0.1, -0.05) is 0 Å². The number of rotatable bonds is 3. The molecule has 20 heavy (non-hydrogen) atoms. The molecule has 1 aliphatic rings. The molecule has 1 aromatic heterocycles. The van der Waals surface area contributed by atoms with Crippen LogP contribution >= 0.6 is 11.8 Å². The lowest BCUT2D eigenvalue weighted by Crippen LogP contribution is -2.48. The van der Waals surface area contributed by atoms with E-state index < -0.39 is 27.0 Å². The molecule has 0 amide bonds. The van der Waals surface area contributed by atoms with Gasteiger partial charge in [-0.05, 0) is 6.07 Å². The highest BCUT2D eigenvalue weighted by Crippen LogP contribution is 2.28. The number of hydrogen-bond acceptors (Lipinski definition) is 6. The van der Waals surface area contributed by atoms with Crippen molar-refractivity contribution in [1.82, 2.24) is 4.98 Å². The van der Waals surface area contributed by atoms with Crippen molar-refractivity contribution in [1.29, 1.82) is 0 Å². The Kier molecular flexibility index (Phi) is 4.19. The SMILES string of the molecule is CS(=O)(=O)C1CSCCN1c1ncc(F)cc1C(=O)O. The van der Waals surface area contributed by atoms with Gasteiger partial charge in [-0.3, -0.25) is 0 Å². The number of pyridine rings is 1. The Morgan fingerprint density at radius 3 is 2.90 bits per heavy atom. The average Bonchev–Trinajstić information content (AvgIpc) is 2.37. The summed E-state index contributed by atoms with van der Waals surface area (Å²) >= 11 is 1.48. The number of thioether (sulfide) groups is 1. The van der Waals surface area contributed by atoms with Crippen molar-refractivity contribution in [2.45, 2.75) is 5.37 Å². The lowest BCUT2D eigenvalue weighted by molar-refractivity contribution is 0.0696. The van der Waals surface area contributed by atoms with Crippen molar-refractivity contribution in [2.75, 3.05) is 29.2 Å². The third-order valence-electron chi connectivity index (χ3n) is 2.91. The minimum atomic E-state index is -3.40. The summed E-state index contributed by atoms with van der Waals surface area (Å²) in [5.41, 5.74) is -0.328. The van der Waals surface area contributed by atoms with Crippen LogP contribution in [0.15, 0.2) is 12.3 Å². The summed E-state index contributed by atoms with van der Waals surface area (Å²) in [4.78, 5) is 16.4. The summed E-state index contributed by atoms with van der Waals surface area (Å²) in [6.07, 6.45) is 1.99. The number of carboxylic acid groups (broad SMARTS) is 1. The maximum absolute atomic E-state index is 13.1. The standard InChI is InChI=1S/C11H13FN2O4S2/c1-20(17,18)9-6-19-3-2-14(9)10-8(11(15)16)4-7(12)5-13-10/h4-5,9H,2-3,6H2,1H3,(H,15,16). The molecule has 1 unspecified atom stereocenters. The molecular formula is C11H13FN2O4S2. The van der Waals surface area contributed by atoms with Crippen molar-refractivity contribution in [3.8, 4) is 0 Å². The van der Waals surface area contributed by atoms with E-state index in [0.29, 0.717) is 18.1 Å². The van der Waals surface area contributed by atoms with Crippen LogP contribution in [0.2, 0.25) is 0 Å². The summed E-state index contributed by atoms with van der Waals surface area (Å²) in [5, 5.41) is 8.27. The summed E-state index contributed by atoms with van der Waals surface area (Å²) in [7, 11) is -3.40. The molecule has 9 heteroatoms. The zero-order chi connectivity index (χ0) is 14.9. The van der Waals surface area contributed by atoms with Crippen LogP contribution in [0.1, 0.15) is 10.4 Å². The molecule has 1 aliphatic heterocycles. The zero-order valence-corrected chi connectivity index (χ0v) is 12.2. The van der Waals surface area contributed by atoms with Crippen molar-refractivity contribution < 1.29 is 22.7 Å². The van der Waals surface area contributed by atoms with Crippen LogP contribution in [-0.4, -0.2) is 54.2 Å². The molecule has 1 saturated heterocycles. The fourth-order valence-electron chi connectivity index (χ4n) is 2.00. The monoisotopic (exact) mass is 320 g/mol. The fourth-order valence-corrected chi connectivity index (χ4v) is 4.82. The molecule has 1 atom stereocenters. The van der Waals surface area contributed by atoms with Gasteiger partial charge >= 0.3 is 5.97 Å². The average molecular weight is 320 g/mol. The fraction of sp³-hybridized carbons (Fsp3) is 0.455. The van der Waals surface area contributed by atoms with Crippen molar-refractivity contribution in [3.05, 3.63) is 23.6 Å². The van der Waals surface area contributed by atoms with E-state index in [4.69, 9.17) is 5.11 Å². The first-order valence-corrected chi connectivity index (χ1v) is 8.83. The first-order valence-electron chi connectivity index (χ1n) is 5.73. The summed E-state index contributed by atoms with van der Waals surface area (Å²) in [5.74, 6) is -1.12. The van der Waals surface area contributed by atoms with Gasteiger partial charge in [0.1, 0.15) is 22.6 Å². The Labute approximate surface area is 119 Å². The number of carbonyl (C=O) groups is 1. The molecule has 1 fully saturated rings. The highest BCUT2D eigenvalue weighted by molar-refractivity contribution is 8.01. The maximum atomic E-state index is 13.1. The number of sulfone groups is 1. The number of aromatic carboxylic acids is 1. The van der Waals surface area contributed by atoms with Crippen LogP contribution in [0.4, 0.5) is 10.2 Å². The van der Waals surface area contributed by atoms with E-state index in [-0.39, 0.29) is 11.4 Å². The molecule has 2 heterocycles. The number of anilines is 1. The molecule has 0 spiro atoms. The molecule has 6 nitrogen and oxygen atoms in total. The number of nitrogens with zero attached hydrogens (tertiary/aromatic N) is 2. The molecule has 110 valence electrons. The second-order valence-electron chi connectivity index (χ2n) is 4.38. The molecule has 2 rings (SSSR count). The predicted octanol–water partition coefficient (Wildman–Crippen LogP) is 0.843. The molecule has 1 aromatic rings. The van der Waals surface area contributed by atoms with E-state index in [2.05, 4.69) is 4.98 Å². The van der Waals surface area contributed by atoms with Gasteiger partial charge in [0.2, 0.25) is 0 Å². The molecule has 1 N–H and O–H groups in total. The third kappa shape index (κ3) is 3.04. The summed E-state index contributed by atoms with van der Waals surface area (Å²) in [6.45, 7) is 0.349. The van der Waals surface area contributed by atoms with Gasteiger partial charge in [-0.15, -0.1) is 0 Å². The normalized spacial score (nSPS) is 19.9.